The lowest BCUT2D eigenvalue weighted by Crippen LogP contribution is -2.22. The number of sulfone groups is 1. The first-order chi connectivity index (χ1) is 13.2. The largest absolute Gasteiger partial charge is 0.372 e. The van der Waals surface area contributed by atoms with Crippen LogP contribution in [0, 0.1) is 12.7 Å². The zero-order valence-electron chi connectivity index (χ0n) is 16.5. The van der Waals surface area contributed by atoms with E-state index in [1.807, 2.05) is 25.1 Å². The molecule has 0 saturated carbocycles. The molecule has 1 N–H and O–H groups in total. The van der Waals surface area contributed by atoms with Crippen LogP contribution in [0.3, 0.4) is 0 Å². The number of hydrogen-bond acceptors (Lipinski definition) is 4. The number of halogens is 1. The smallest absolute Gasteiger partial charge is 0.225 e. The molecule has 0 radical (unpaired) electrons. The van der Waals surface area contributed by atoms with Crippen LogP contribution < -0.4 is 10.2 Å². The van der Waals surface area contributed by atoms with Crippen LogP contribution in [0.2, 0.25) is 0 Å². The topological polar surface area (TPSA) is 66.5 Å². The minimum Gasteiger partial charge on any atom is -0.372 e. The SMILES string of the molecule is CCN(CC)c1ccc(NC(=O)CCS(=O)(=O)Cc2ccc(F)cc2)c(C)c1. The summed E-state index contributed by atoms with van der Waals surface area (Å²) < 4.78 is 37.3. The first kappa shape index (κ1) is 21.9. The summed E-state index contributed by atoms with van der Waals surface area (Å²) in [5.41, 5.74) is 3.19. The Hall–Kier alpha value is -2.41. The summed E-state index contributed by atoms with van der Waals surface area (Å²) in [5, 5.41) is 2.78. The van der Waals surface area contributed by atoms with Crippen LogP contribution in [-0.2, 0) is 20.4 Å². The number of nitrogens with zero attached hydrogens (tertiary/aromatic N) is 1. The van der Waals surface area contributed by atoms with Crippen molar-refractivity contribution in [3.8, 4) is 0 Å². The van der Waals surface area contributed by atoms with E-state index >= 15 is 0 Å². The Morgan fingerprint density at radius 1 is 1.07 bits per heavy atom. The van der Waals surface area contributed by atoms with Gasteiger partial charge in [0.2, 0.25) is 5.91 Å². The van der Waals surface area contributed by atoms with Crippen LogP contribution in [0.15, 0.2) is 42.5 Å². The van der Waals surface area contributed by atoms with Crippen molar-refractivity contribution in [2.24, 2.45) is 0 Å². The van der Waals surface area contributed by atoms with E-state index in [4.69, 9.17) is 0 Å². The summed E-state index contributed by atoms with van der Waals surface area (Å²) in [6.07, 6.45) is -0.124. The van der Waals surface area contributed by atoms with Gasteiger partial charge in [-0.3, -0.25) is 4.79 Å². The van der Waals surface area contributed by atoms with E-state index in [1.54, 1.807) is 0 Å². The van der Waals surface area contributed by atoms with E-state index in [2.05, 4.69) is 24.1 Å². The molecule has 2 rings (SSSR count). The second kappa shape index (κ2) is 9.68. The first-order valence-electron chi connectivity index (χ1n) is 9.34. The number of amides is 1. The molecule has 28 heavy (non-hydrogen) atoms. The van der Waals surface area contributed by atoms with Gasteiger partial charge in [-0.1, -0.05) is 12.1 Å². The van der Waals surface area contributed by atoms with Crippen LogP contribution in [0.4, 0.5) is 15.8 Å². The fourth-order valence-corrected chi connectivity index (χ4v) is 4.28. The van der Waals surface area contributed by atoms with Crippen molar-refractivity contribution in [3.63, 3.8) is 0 Å². The molecule has 0 aliphatic carbocycles. The molecular weight excluding hydrogens is 379 g/mol. The summed E-state index contributed by atoms with van der Waals surface area (Å²) in [7, 11) is -3.46. The molecule has 0 saturated heterocycles. The highest BCUT2D eigenvalue weighted by Crippen LogP contribution is 2.23. The van der Waals surface area contributed by atoms with Crippen LogP contribution in [0.5, 0.6) is 0 Å². The number of rotatable bonds is 9. The molecule has 0 aromatic heterocycles. The average molecular weight is 407 g/mol. The van der Waals surface area contributed by atoms with Gasteiger partial charge in [0.1, 0.15) is 5.82 Å². The van der Waals surface area contributed by atoms with Gasteiger partial charge in [0, 0.05) is 30.9 Å². The maximum atomic E-state index is 12.9. The number of hydrogen-bond donors (Lipinski definition) is 1. The zero-order valence-corrected chi connectivity index (χ0v) is 17.4. The van der Waals surface area contributed by atoms with Gasteiger partial charge < -0.3 is 10.2 Å². The average Bonchev–Trinajstić information content (AvgIpc) is 2.65. The van der Waals surface area contributed by atoms with E-state index in [0.29, 0.717) is 11.3 Å². The Morgan fingerprint density at radius 3 is 2.29 bits per heavy atom. The highest BCUT2D eigenvalue weighted by atomic mass is 32.2. The number of anilines is 2. The summed E-state index contributed by atoms with van der Waals surface area (Å²) in [6, 6.07) is 11.1. The van der Waals surface area contributed by atoms with Crippen LogP contribution >= 0.6 is 0 Å². The minimum absolute atomic E-state index is 0.124. The van der Waals surface area contributed by atoms with Crippen molar-refractivity contribution in [1.29, 1.82) is 0 Å². The van der Waals surface area contributed by atoms with Gasteiger partial charge in [0.15, 0.2) is 9.84 Å². The van der Waals surface area contributed by atoms with E-state index in [9.17, 15) is 17.6 Å². The first-order valence-corrected chi connectivity index (χ1v) is 11.2. The van der Waals surface area contributed by atoms with Crippen molar-refractivity contribution >= 4 is 27.1 Å². The van der Waals surface area contributed by atoms with Gasteiger partial charge in [-0.15, -0.1) is 0 Å². The molecule has 152 valence electrons. The van der Waals surface area contributed by atoms with Crippen molar-refractivity contribution in [2.75, 3.05) is 29.1 Å². The van der Waals surface area contributed by atoms with Crippen molar-refractivity contribution in [3.05, 3.63) is 59.4 Å². The van der Waals surface area contributed by atoms with Gasteiger partial charge in [-0.05, 0) is 62.2 Å². The van der Waals surface area contributed by atoms with Gasteiger partial charge in [-0.25, -0.2) is 12.8 Å². The maximum absolute atomic E-state index is 12.9. The maximum Gasteiger partial charge on any atom is 0.225 e. The zero-order chi connectivity index (χ0) is 20.7. The lowest BCUT2D eigenvalue weighted by Gasteiger charge is -2.22. The molecule has 0 fully saturated rings. The monoisotopic (exact) mass is 406 g/mol. The molecule has 0 aliphatic rings. The molecule has 0 spiro atoms. The predicted molar refractivity (Wildman–Crippen MR) is 112 cm³/mol. The van der Waals surface area contributed by atoms with Gasteiger partial charge in [0.05, 0.1) is 11.5 Å². The molecule has 2 aromatic carbocycles. The van der Waals surface area contributed by atoms with Crippen molar-refractivity contribution in [1.82, 2.24) is 0 Å². The highest BCUT2D eigenvalue weighted by molar-refractivity contribution is 7.90. The molecule has 0 unspecified atom stereocenters. The quantitative estimate of drug-likeness (QED) is 0.685. The highest BCUT2D eigenvalue weighted by Gasteiger charge is 2.15. The Kier molecular flexibility index (Phi) is 7.57. The molecular formula is C21H27FN2O3S. The van der Waals surface area contributed by atoms with Crippen LogP contribution in [0.1, 0.15) is 31.4 Å². The summed E-state index contributed by atoms with van der Waals surface area (Å²) in [6.45, 7) is 7.87. The van der Waals surface area contributed by atoms with Crippen LogP contribution in [-0.4, -0.2) is 33.2 Å². The van der Waals surface area contributed by atoms with Gasteiger partial charge in [0.25, 0.3) is 0 Å². The second-order valence-electron chi connectivity index (χ2n) is 6.69. The molecule has 5 nitrogen and oxygen atoms in total. The third kappa shape index (κ3) is 6.34. The lowest BCUT2D eigenvalue weighted by atomic mass is 10.1. The Bertz CT molecular complexity index is 908. The van der Waals surface area contributed by atoms with E-state index < -0.39 is 15.7 Å². The minimum atomic E-state index is -3.46. The molecule has 0 aliphatic heterocycles. The van der Waals surface area contributed by atoms with E-state index in [1.165, 1.54) is 24.3 Å². The summed E-state index contributed by atoms with van der Waals surface area (Å²) in [4.78, 5) is 14.4. The lowest BCUT2D eigenvalue weighted by molar-refractivity contribution is -0.115. The van der Waals surface area contributed by atoms with E-state index in [0.717, 1.165) is 24.3 Å². The standard InChI is InChI=1S/C21H27FN2O3S/c1-4-24(5-2)19-10-11-20(16(3)14-19)23-21(25)12-13-28(26,27)15-17-6-8-18(22)9-7-17/h6-11,14H,4-5,12-13,15H2,1-3H3,(H,23,25). The van der Waals surface area contributed by atoms with Crippen molar-refractivity contribution < 1.29 is 17.6 Å². The number of aryl methyl sites for hydroxylation is 1. The second-order valence-corrected chi connectivity index (χ2v) is 8.87. The van der Waals surface area contributed by atoms with Gasteiger partial charge >= 0.3 is 0 Å². The molecule has 1 amide bonds. The van der Waals surface area contributed by atoms with Crippen molar-refractivity contribution in [2.45, 2.75) is 32.9 Å². The predicted octanol–water partition coefficient (Wildman–Crippen LogP) is 3.92. The molecule has 0 heterocycles. The number of carbonyl (C=O) groups is 1. The Balaban J connectivity index is 1.93. The molecule has 0 atom stereocenters. The number of benzene rings is 2. The molecule has 7 heteroatoms. The summed E-state index contributed by atoms with van der Waals surface area (Å²) in [5.74, 6) is -1.23. The third-order valence-electron chi connectivity index (χ3n) is 4.55. The Morgan fingerprint density at radius 2 is 1.71 bits per heavy atom. The van der Waals surface area contributed by atoms with Gasteiger partial charge in [-0.2, -0.15) is 0 Å². The fraction of sp³-hybridized carbons (Fsp3) is 0.381. The normalized spacial score (nSPS) is 11.3. The summed E-state index contributed by atoms with van der Waals surface area (Å²) >= 11 is 0. The number of carbonyl (C=O) groups excluding carboxylic acids is 1. The third-order valence-corrected chi connectivity index (χ3v) is 6.15. The van der Waals surface area contributed by atoms with Crippen LogP contribution in [0.25, 0.3) is 0 Å². The fourth-order valence-electron chi connectivity index (χ4n) is 2.94. The molecule has 2 aromatic rings. The van der Waals surface area contributed by atoms with E-state index in [-0.39, 0.29) is 23.8 Å². The Labute approximate surface area is 166 Å². The molecule has 0 bridgehead atoms. The number of nitrogens with one attached hydrogen (secondary N) is 1.